The van der Waals surface area contributed by atoms with E-state index >= 15 is 0 Å². The van der Waals surface area contributed by atoms with Crippen molar-refractivity contribution in [2.24, 2.45) is 0 Å². The molecule has 8 heteroatoms. The molecule has 0 aliphatic rings. The Balaban J connectivity index is 1.88. The van der Waals surface area contributed by atoms with Crippen molar-refractivity contribution in [3.8, 4) is 10.7 Å². The van der Waals surface area contributed by atoms with Crippen LogP contribution in [0.3, 0.4) is 0 Å². The number of rotatable bonds is 5. The highest BCUT2D eigenvalue weighted by Crippen LogP contribution is 2.22. The number of nitrogens with zero attached hydrogens (tertiary/aromatic N) is 4. The van der Waals surface area contributed by atoms with Gasteiger partial charge in [-0.15, -0.1) is 21.5 Å². The number of fused-ring (bicyclic) bond motifs is 1. The van der Waals surface area contributed by atoms with E-state index in [4.69, 9.17) is 9.84 Å². The maximum atomic E-state index is 10.7. The van der Waals surface area contributed by atoms with Crippen molar-refractivity contribution in [3.05, 3.63) is 35.3 Å². The molecule has 3 rings (SSSR count). The lowest BCUT2D eigenvalue weighted by Crippen LogP contribution is -2.20. The van der Waals surface area contributed by atoms with Gasteiger partial charge in [0.15, 0.2) is 17.6 Å². The fourth-order valence-corrected chi connectivity index (χ4v) is 2.44. The number of thiophene rings is 1. The third kappa shape index (κ3) is 2.76. The van der Waals surface area contributed by atoms with Crippen LogP contribution in [0.4, 0.5) is 0 Å². The van der Waals surface area contributed by atoms with Crippen LogP contribution in [0.25, 0.3) is 16.3 Å². The molecule has 1 unspecified atom stereocenters. The number of hydrogen-bond donors (Lipinski definition) is 1. The molecular weight excluding hydrogens is 292 g/mol. The highest BCUT2D eigenvalue weighted by molar-refractivity contribution is 7.13. The van der Waals surface area contributed by atoms with Gasteiger partial charge in [0.05, 0.1) is 17.2 Å². The van der Waals surface area contributed by atoms with E-state index in [1.807, 2.05) is 17.5 Å². The molecule has 1 atom stereocenters. The summed E-state index contributed by atoms with van der Waals surface area (Å²) in [6, 6.07) is 7.40. The fourth-order valence-electron chi connectivity index (χ4n) is 1.74. The Morgan fingerprint density at radius 1 is 1.43 bits per heavy atom. The second kappa shape index (κ2) is 5.58. The van der Waals surface area contributed by atoms with Crippen LogP contribution in [0.1, 0.15) is 12.6 Å². The van der Waals surface area contributed by atoms with Crippen LogP contribution in [0.15, 0.2) is 29.6 Å². The zero-order valence-corrected chi connectivity index (χ0v) is 11.9. The first kappa shape index (κ1) is 13.7. The first-order valence-corrected chi connectivity index (χ1v) is 7.13. The summed E-state index contributed by atoms with van der Waals surface area (Å²) < 4.78 is 6.87. The van der Waals surface area contributed by atoms with Crippen molar-refractivity contribution in [3.63, 3.8) is 0 Å². The van der Waals surface area contributed by atoms with E-state index in [9.17, 15) is 4.79 Å². The normalized spacial score (nSPS) is 12.6. The zero-order chi connectivity index (χ0) is 14.8. The third-order valence-corrected chi connectivity index (χ3v) is 3.75. The topological polar surface area (TPSA) is 89.6 Å². The van der Waals surface area contributed by atoms with E-state index in [1.54, 1.807) is 28.0 Å². The monoisotopic (exact) mass is 304 g/mol. The number of hydrogen-bond acceptors (Lipinski definition) is 6. The lowest BCUT2D eigenvalue weighted by Gasteiger charge is -2.07. The van der Waals surface area contributed by atoms with Crippen LogP contribution in [-0.2, 0) is 16.1 Å². The molecule has 21 heavy (non-hydrogen) atoms. The molecule has 0 amide bonds. The molecule has 0 saturated heterocycles. The lowest BCUT2D eigenvalue weighted by atomic mass is 10.4. The number of carbonyl (C=O) groups is 1. The maximum absolute atomic E-state index is 10.7. The van der Waals surface area contributed by atoms with E-state index in [-0.39, 0.29) is 6.61 Å². The van der Waals surface area contributed by atoms with E-state index in [0.29, 0.717) is 17.2 Å². The van der Waals surface area contributed by atoms with Crippen molar-refractivity contribution in [1.29, 1.82) is 0 Å². The van der Waals surface area contributed by atoms with Gasteiger partial charge in [0.25, 0.3) is 0 Å². The van der Waals surface area contributed by atoms with Crippen molar-refractivity contribution in [2.45, 2.75) is 19.6 Å². The number of carboxylic acids is 1. The zero-order valence-electron chi connectivity index (χ0n) is 11.1. The number of ether oxygens (including phenoxy) is 1. The van der Waals surface area contributed by atoms with E-state index < -0.39 is 12.1 Å². The second-order valence-electron chi connectivity index (χ2n) is 4.39. The molecule has 0 saturated carbocycles. The Bertz CT molecular complexity index is 769. The predicted molar refractivity (Wildman–Crippen MR) is 76.0 cm³/mol. The third-order valence-electron chi connectivity index (χ3n) is 2.89. The van der Waals surface area contributed by atoms with Gasteiger partial charge in [-0.3, -0.25) is 0 Å². The predicted octanol–water partition coefficient (Wildman–Crippen LogP) is 1.84. The summed E-state index contributed by atoms with van der Waals surface area (Å²) in [5, 5.41) is 23.3. The molecule has 3 aromatic rings. The molecule has 3 heterocycles. The minimum absolute atomic E-state index is 0.117. The first-order valence-electron chi connectivity index (χ1n) is 6.25. The summed E-state index contributed by atoms with van der Waals surface area (Å²) in [6.45, 7) is 1.60. The summed E-state index contributed by atoms with van der Waals surface area (Å²) in [7, 11) is 0. The Labute approximate surface area is 123 Å². The lowest BCUT2D eigenvalue weighted by molar-refractivity contribution is -0.149. The highest BCUT2D eigenvalue weighted by Gasteiger charge is 2.13. The summed E-state index contributed by atoms with van der Waals surface area (Å²) >= 11 is 1.55. The summed E-state index contributed by atoms with van der Waals surface area (Å²) in [4.78, 5) is 11.7. The minimum atomic E-state index is -1.00. The molecule has 3 aromatic heterocycles. The van der Waals surface area contributed by atoms with Gasteiger partial charge in [-0.05, 0) is 30.5 Å². The number of carboxylic acid groups (broad SMARTS) is 1. The van der Waals surface area contributed by atoms with Crippen LogP contribution in [0, 0.1) is 0 Å². The largest absolute Gasteiger partial charge is 0.479 e. The molecule has 1 N–H and O–H groups in total. The van der Waals surface area contributed by atoms with Gasteiger partial charge >= 0.3 is 5.97 Å². The average Bonchev–Trinajstić information content (AvgIpc) is 3.12. The Morgan fingerprint density at radius 2 is 2.29 bits per heavy atom. The Kier molecular flexibility index (Phi) is 3.63. The molecule has 0 aromatic carbocycles. The van der Waals surface area contributed by atoms with Crippen LogP contribution < -0.4 is 0 Å². The summed E-state index contributed by atoms with van der Waals surface area (Å²) in [6.07, 6.45) is -0.875. The molecule has 108 valence electrons. The van der Waals surface area contributed by atoms with Gasteiger partial charge in [-0.2, -0.15) is 9.61 Å². The molecule has 0 aliphatic carbocycles. The smallest absolute Gasteiger partial charge is 0.332 e. The van der Waals surface area contributed by atoms with Gasteiger partial charge in [-0.25, -0.2) is 4.79 Å². The molecule has 0 spiro atoms. The van der Waals surface area contributed by atoms with Crippen molar-refractivity contribution >= 4 is 23.0 Å². The summed E-state index contributed by atoms with van der Waals surface area (Å²) in [5.41, 5.74) is 1.25. The van der Waals surface area contributed by atoms with Crippen LogP contribution in [0.2, 0.25) is 0 Å². The standard InChI is InChI=1S/C13H12N4O3S/c1-8(13(18)19)20-7-9-4-5-11-14-15-12(17(11)16-9)10-3-2-6-21-10/h2-6,8H,7H2,1H3,(H,18,19). The van der Waals surface area contributed by atoms with Gasteiger partial charge in [0.1, 0.15) is 0 Å². The molecular formula is C13H12N4O3S. The first-order chi connectivity index (χ1) is 10.1. The number of aromatic nitrogens is 4. The van der Waals surface area contributed by atoms with Crippen LogP contribution in [-0.4, -0.2) is 37.0 Å². The Hall–Kier alpha value is -2.32. The number of aliphatic carboxylic acids is 1. The van der Waals surface area contributed by atoms with Gasteiger partial charge in [0.2, 0.25) is 0 Å². The fraction of sp³-hybridized carbons (Fsp3) is 0.231. The quantitative estimate of drug-likeness (QED) is 0.773. The average molecular weight is 304 g/mol. The van der Waals surface area contributed by atoms with Crippen LogP contribution in [0.5, 0.6) is 0 Å². The maximum Gasteiger partial charge on any atom is 0.332 e. The second-order valence-corrected chi connectivity index (χ2v) is 5.33. The van der Waals surface area contributed by atoms with E-state index in [2.05, 4.69) is 15.3 Å². The molecule has 0 fully saturated rings. The molecule has 7 nitrogen and oxygen atoms in total. The Morgan fingerprint density at radius 3 is 3.00 bits per heavy atom. The van der Waals surface area contributed by atoms with Crippen molar-refractivity contribution in [2.75, 3.05) is 0 Å². The molecule has 0 bridgehead atoms. The van der Waals surface area contributed by atoms with E-state index in [0.717, 1.165) is 4.88 Å². The van der Waals surface area contributed by atoms with Gasteiger partial charge < -0.3 is 9.84 Å². The summed E-state index contributed by atoms with van der Waals surface area (Å²) in [5.74, 6) is -0.340. The van der Waals surface area contributed by atoms with Crippen molar-refractivity contribution in [1.82, 2.24) is 19.8 Å². The molecule has 0 aliphatic heterocycles. The SMILES string of the molecule is CC(OCc1ccc2nnc(-c3cccs3)n2n1)C(=O)O. The minimum Gasteiger partial charge on any atom is -0.479 e. The van der Waals surface area contributed by atoms with Crippen molar-refractivity contribution < 1.29 is 14.6 Å². The van der Waals surface area contributed by atoms with Gasteiger partial charge in [0, 0.05) is 0 Å². The molecule has 0 radical (unpaired) electrons. The van der Waals surface area contributed by atoms with Crippen LogP contribution >= 0.6 is 11.3 Å². The van der Waals surface area contributed by atoms with Gasteiger partial charge in [-0.1, -0.05) is 6.07 Å². The van der Waals surface area contributed by atoms with E-state index in [1.165, 1.54) is 6.92 Å². The highest BCUT2D eigenvalue weighted by atomic mass is 32.1.